The molecule has 140 valence electrons. The average molecular weight is 361 g/mol. The van der Waals surface area contributed by atoms with Gasteiger partial charge in [0.15, 0.2) is 0 Å². The smallest absolute Gasteiger partial charge is 0.222 e. The number of aromatic nitrogens is 1. The van der Waals surface area contributed by atoms with Crippen LogP contribution >= 0.6 is 0 Å². The lowest BCUT2D eigenvalue weighted by Gasteiger charge is -2.18. The van der Waals surface area contributed by atoms with E-state index < -0.39 is 0 Å². The monoisotopic (exact) mass is 360 g/mol. The fraction of sp³-hybridized carbons (Fsp3) is 0.333. The molecule has 0 saturated carbocycles. The Bertz CT molecular complexity index is 885. The van der Waals surface area contributed by atoms with Gasteiger partial charge in [-0.3, -0.25) is 4.79 Å². The molecule has 0 fully saturated rings. The van der Waals surface area contributed by atoms with Gasteiger partial charge in [-0.25, -0.2) is 4.98 Å². The topological polar surface area (TPSA) is 33.2 Å². The molecule has 0 bridgehead atoms. The van der Waals surface area contributed by atoms with Crippen LogP contribution in [-0.2, 0) is 11.2 Å². The molecule has 3 rings (SSSR count). The molecule has 1 heterocycles. The maximum Gasteiger partial charge on any atom is 0.222 e. The van der Waals surface area contributed by atoms with Gasteiger partial charge < -0.3 is 4.90 Å². The minimum absolute atomic E-state index is 0.268. The van der Waals surface area contributed by atoms with E-state index in [0.29, 0.717) is 6.42 Å². The van der Waals surface area contributed by atoms with Crippen LogP contribution in [0.2, 0.25) is 0 Å². The molecule has 1 amide bonds. The van der Waals surface area contributed by atoms with Gasteiger partial charge in [-0.05, 0) is 50.8 Å². The lowest BCUT2D eigenvalue weighted by molar-refractivity contribution is -0.130. The number of para-hydroxylation sites is 1. The van der Waals surface area contributed by atoms with Crippen LogP contribution in [0, 0.1) is 0 Å². The molecule has 3 nitrogen and oxygen atoms in total. The van der Waals surface area contributed by atoms with Crippen molar-refractivity contribution >= 4 is 16.8 Å². The van der Waals surface area contributed by atoms with Crippen molar-refractivity contribution in [1.82, 2.24) is 9.88 Å². The highest BCUT2D eigenvalue weighted by molar-refractivity contribution is 5.85. The maximum atomic E-state index is 12.2. The number of hydrogen-bond acceptors (Lipinski definition) is 2. The second-order valence-corrected chi connectivity index (χ2v) is 6.82. The van der Waals surface area contributed by atoms with Crippen LogP contribution in [0.3, 0.4) is 0 Å². The molecule has 2 aromatic carbocycles. The summed E-state index contributed by atoms with van der Waals surface area (Å²) in [6, 6.07) is 20.9. The predicted octanol–water partition coefficient (Wildman–Crippen LogP) is 5.48. The first-order chi connectivity index (χ1) is 13.2. The van der Waals surface area contributed by atoms with E-state index >= 15 is 0 Å². The zero-order valence-electron chi connectivity index (χ0n) is 16.3. The zero-order valence-corrected chi connectivity index (χ0v) is 16.3. The molecule has 3 aromatic rings. The predicted molar refractivity (Wildman–Crippen MR) is 113 cm³/mol. The Morgan fingerprint density at radius 3 is 2.37 bits per heavy atom. The highest BCUT2D eigenvalue weighted by Gasteiger charge is 2.10. The summed E-state index contributed by atoms with van der Waals surface area (Å²) in [7, 11) is 0. The summed E-state index contributed by atoms with van der Waals surface area (Å²) < 4.78 is 0. The van der Waals surface area contributed by atoms with Crippen molar-refractivity contribution in [2.24, 2.45) is 0 Å². The van der Waals surface area contributed by atoms with Gasteiger partial charge in [-0.1, -0.05) is 48.5 Å². The fourth-order valence-electron chi connectivity index (χ4n) is 3.54. The Labute approximate surface area is 162 Å². The molecular formula is C24H28N2O. The quantitative estimate of drug-likeness (QED) is 0.498. The van der Waals surface area contributed by atoms with Gasteiger partial charge >= 0.3 is 0 Å². The van der Waals surface area contributed by atoms with E-state index in [9.17, 15) is 4.79 Å². The van der Waals surface area contributed by atoms with E-state index in [1.165, 1.54) is 10.9 Å². The lowest BCUT2D eigenvalue weighted by Crippen LogP contribution is -2.30. The van der Waals surface area contributed by atoms with Crippen molar-refractivity contribution in [3.05, 3.63) is 66.2 Å². The van der Waals surface area contributed by atoms with E-state index in [-0.39, 0.29) is 5.91 Å². The number of unbranched alkanes of at least 4 members (excludes halogenated alkanes) is 1. The molecule has 0 saturated heterocycles. The van der Waals surface area contributed by atoms with E-state index in [2.05, 4.69) is 36.4 Å². The second-order valence-electron chi connectivity index (χ2n) is 6.82. The van der Waals surface area contributed by atoms with E-state index in [1.807, 2.05) is 43.0 Å². The van der Waals surface area contributed by atoms with Gasteiger partial charge in [0.1, 0.15) is 0 Å². The number of hydrogen-bond donors (Lipinski definition) is 0. The number of aryl methyl sites for hydroxylation is 1. The van der Waals surface area contributed by atoms with Crippen LogP contribution in [0.4, 0.5) is 0 Å². The molecule has 0 spiro atoms. The molecule has 0 aliphatic rings. The second kappa shape index (κ2) is 9.31. The van der Waals surface area contributed by atoms with E-state index in [1.54, 1.807) is 0 Å². The highest BCUT2D eigenvalue weighted by atomic mass is 16.2. The zero-order chi connectivity index (χ0) is 19.1. The van der Waals surface area contributed by atoms with Crippen molar-refractivity contribution < 1.29 is 4.79 Å². The van der Waals surface area contributed by atoms with Gasteiger partial charge in [0.2, 0.25) is 5.91 Å². The normalized spacial score (nSPS) is 10.9. The summed E-state index contributed by atoms with van der Waals surface area (Å²) in [6.07, 6.45) is 3.53. The summed E-state index contributed by atoms with van der Waals surface area (Å²) in [6.45, 7) is 5.67. The number of fused-ring (bicyclic) bond motifs is 1. The molecule has 0 aliphatic carbocycles. The van der Waals surface area contributed by atoms with E-state index in [0.717, 1.165) is 49.1 Å². The van der Waals surface area contributed by atoms with Crippen molar-refractivity contribution in [1.29, 1.82) is 0 Å². The number of carbonyl (C=O) groups is 1. The summed E-state index contributed by atoms with van der Waals surface area (Å²) in [5, 5.41) is 1.22. The number of carbonyl (C=O) groups excluding carboxylic acids is 1. The molecule has 0 N–H and O–H groups in total. The van der Waals surface area contributed by atoms with Crippen LogP contribution in [0.15, 0.2) is 60.7 Å². The largest absolute Gasteiger partial charge is 0.343 e. The maximum absolute atomic E-state index is 12.2. The molecule has 0 atom stereocenters. The third-order valence-corrected chi connectivity index (χ3v) is 5.07. The Kier molecular flexibility index (Phi) is 6.59. The molecule has 0 radical (unpaired) electrons. The van der Waals surface area contributed by atoms with Crippen molar-refractivity contribution in [2.75, 3.05) is 13.1 Å². The molecule has 0 aliphatic heterocycles. The Balaban J connectivity index is 1.74. The number of nitrogens with zero attached hydrogens (tertiary/aromatic N) is 2. The Morgan fingerprint density at radius 2 is 1.63 bits per heavy atom. The molecule has 1 aromatic heterocycles. The van der Waals surface area contributed by atoms with Gasteiger partial charge in [0, 0.05) is 30.5 Å². The van der Waals surface area contributed by atoms with Crippen molar-refractivity contribution in [2.45, 2.75) is 39.5 Å². The van der Waals surface area contributed by atoms with E-state index in [4.69, 9.17) is 4.98 Å². The standard InChI is InChI=1S/C24H28N2O/c1-3-26(4-2)24(27)17-11-8-14-20-18-23(19-12-6-5-7-13-19)25-22-16-10-9-15-21(20)22/h5-7,9-10,12-13,15-16,18H,3-4,8,11,14,17H2,1-2H3. The molecule has 0 unspecified atom stereocenters. The Morgan fingerprint density at radius 1 is 0.926 bits per heavy atom. The van der Waals surface area contributed by atoms with Crippen LogP contribution in [0.5, 0.6) is 0 Å². The first-order valence-corrected chi connectivity index (χ1v) is 9.94. The van der Waals surface area contributed by atoms with Gasteiger partial charge in [0.05, 0.1) is 11.2 Å². The van der Waals surface area contributed by atoms with Crippen LogP contribution < -0.4 is 0 Å². The van der Waals surface area contributed by atoms with Gasteiger partial charge in [-0.2, -0.15) is 0 Å². The third-order valence-electron chi connectivity index (χ3n) is 5.07. The highest BCUT2D eigenvalue weighted by Crippen LogP contribution is 2.26. The summed E-state index contributed by atoms with van der Waals surface area (Å²) in [5.74, 6) is 0.268. The SMILES string of the molecule is CCN(CC)C(=O)CCCCc1cc(-c2ccccc2)nc2ccccc12. The first-order valence-electron chi connectivity index (χ1n) is 9.94. The number of rotatable bonds is 8. The van der Waals surface area contributed by atoms with Gasteiger partial charge in [-0.15, -0.1) is 0 Å². The summed E-state index contributed by atoms with van der Waals surface area (Å²) in [4.78, 5) is 18.9. The molecular weight excluding hydrogens is 332 g/mol. The van der Waals surface area contributed by atoms with Crippen LogP contribution in [0.1, 0.15) is 38.7 Å². The van der Waals surface area contributed by atoms with Crippen molar-refractivity contribution in [3.63, 3.8) is 0 Å². The lowest BCUT2D eigenvalue weighted by atomic mass is 9.99. The third kappa shape index (κ3) is 4.73. The number of benzene rings is 2. The minimum atomic E-state index is 0.268. The average Bonchev–Trinajstić information content (AvgIpc) is 2.72. The van der Waals surface area contributed by atoms with Crippen molar-refractivity contribution in [3.8, 4) is 11.3 Å². The molecule has 3 heteroatoms. The summed E-state index contributed by atoms with van der Waals surface area (Å²) in [5.41, 5.74) is 4.51. The molecule has 27 heavy (non-hydrogen) atoms. The van der Waals surface area contributed by atoms with Gasteiger partial charge in [0.25, 0.3) is 0 Å². The summed E-state index contributed by atoms with van der Waals surface area (Å²) >= 11 is 0. The fourth-order valence-corrected chi connectivity index (χ4v) is 3.54. The Hall–Kier alpha value is -2.68. The number of amides is 1. The van der Waals surface area contributed by atoms with Crippen LogP contribution in [0.25, 0.3) is 22.2 Å². The first kappa shape index (κ1) is 19.1. The van der Waals surface area contributed by atoms with Crippen LogP contribution in [-0.4, -0.2) is 28.9 Å². The minimum Gasteiger partial charge on any atom is -0.343 e. The number of pyridine rings is 1.